The molecule has 2 fully saturated rings. The number of aliphatic hydroxyl groups is 1. The first-order chi connectivity index (χ1) is 9.11. The van der Waals surface area contributed by atoms with Gasteiger partial charge in [-0.05, 0) is 45.3 Å². The van der Waals surface area contributed by atoms with Crippen LogP contribution in [0.25, 0.3) is 0 Å². The molecule has 2 aliphatic rings. The molecule has 1 atom stereocenters. The van der Waals surface area contributed by atoms with E-state index in [9.17, 15) is 5.11 Å². The molecular weight excluding hydrogens is 385 g/mol. The van der Waals surface area contributed by atoms with Crippen molar-refractivity contribution in [3.8, 4) is 0 Å². The highest BCUT2D eigenvalue weighted by Crippen LogP contribution is 2.45. The molecule has 0 radical (unpaired) electrons. The SMILES string of the molecule is CCNC(=NCC1(CO)CC1)NCC1(C)CCCS1.I. The first-order valence-electron chi connectivity index (χ1n) is 7.38. The largest absolute Gasteiger partial charge is 0.396 e. The zero-order valence-electron chi connectivity index (χ0n) is 12.6. The molecular formula is C14H28IN3OS. The van der Waals surface area contributed by atoms with E-state index in [1.807, 2.05) is 0 Å². The smallest absolute Gasteiger partial charge is 0.191 e. The molecule has 0 aromatic rings. The van der Waals surface area contributed by atoms with Gasteiger partial charge in [0.1, 0.15) is 0 Å². The van der Waals surface area contributed by atoms with Gasteiger partial charge in [0, 0.05) is 23.3 Å². The standard InChI is InChI=1S/C14H27N3OS.HI/c1-3-15-12(17-10-14(11-18)6-7-14)16-9-13(2)5-4-8-19-13;/h18H,3-11H2,1-2H3,(H2,15,16,17);1H. The molecule has 1 aliphatic heterocycles. The summed E-state index contributed by atoms with van der Waals surface area (Å²) in [5.74, 6) is 2.18. The number of hydrogen-bond acceptors (Lipinski definition) is 3. The highest BCUT2D eigenvalue weighted by molar-refractivity contribution is 14.0. The molecule has 4 nitrogen and oxygen atoms in total. The number of rotatable bonds is 6. The fraction of sp³-hybridized carbons (Fsp3) is 0.929. The third-order valence-corrected chi connectivity index (χ3v) is 5.68. The van der Waals surface area contributed by atoms with Crippen LogP contribution in [0.15, 0.2) is 4.99 Å². The van der Waals surface area contributed by atoms with E-state index in [2.05, 4.69) is 41.2 Å². The zero-order chi connectivity index (χ0) is 13.8. The van der Waals surface area contributed by atoms with E-state index in [1.54, 1.807) is 0 Å². The number of guanidine groups is 1. The van der Waals surface area contributed by atoms with Gasteiger partial charge in [0.2, 0.25) is 0 Å². The highest BCUT2D eigenvalue weighted by atomic mass is 127. The van der Waals surface area contributed by atoms with Crippen molar-refractivity contribution in [2.75, 3.05) is 32.0 Å². The normalized spacial score (nSPS) is 27.9. The number of nitrogens with zero attached hydrogens (tertiary/aromatic N) is 1. The van der Waals surface area contributed by atoms with Crippen LogP contribution in [0, 0.1) is 5.41 Å². The van der Waals surface area contributed by atoms with Crippen LogP contribution in [-0.2, 0) is 0 Å². The van der Waals surface area contributed by atoms with Crippen molar-refractivity contribution in [1.29, 1.82) is 0 Å². The van der Waals surface area contributed by atoms with Crippen LogP contribution in [0.4, 0.5) is 0 Å². The van der Waals surface area contributed by atoms with Crippen LogP contribution < -0.4 is 10.6 Å². The van der Waals surface area contributed by atoms with E-state index in [0.29, 0.717) is 4.75 Å². The summed E-state index contributed by atoms with van der Waals surface area (Å²) in [6.45, 7) is 7.27. The number of aliphatic imine (C=N–C) groups is 1. The lowest BCUT2D eigenvalue weighted by Gasteiger charge is -2.24. The minimum atomic E-state index is 0. The Morgan fingerprint density at radius 3 is 2.55 bits per heavy atom. The number of thioether (sulfide) groups is 1. The van der Waals surface area contributed by atoms with Crippen LogP contribution in [-0.4, -0.2) is 47.8 Å². The summed E-state index contributed by atoms with van der Waals surface area (Å²) in [6.07, 6.45) is 4.83. The van der Waals surface area contributed by atoms with Crippen molar-refractivity contribution in [2.45, 2.75) is 44.3 Å². The third-order valence-electron chi connectivity index (χ3n) is 4.14. The molecule has 0 spiro atoms. The monoisotopic (exact) mass is 413 g/mol. The van der Waals surface area contributed by atoms with Gasteiger partial charge in [0.25, 0.3) is 0 Å². The summed E-state index contributed by atoms with van der Waals surface area (Å²) < 4.78 is 0.352. The number of hydrogen-bond donors (Lipinski definition) is 3. The second-order valence-electron chi connectivity index (χ2n) is 6.11. The molecule has 2 rings (SSSR count). The minimum Gasteiger partial charge on any atom is -0.396 e. The van der Waals surface area contributed by atoms with E-state index >= 15 is 0 Å². The maximum atomic E-state index is 9.33. The van der Waals surface area contributed by atoms with Crippen LogP contribution in [0.3, 0.4) is 0 Å². The molecule has 3 N–H and O–H groups in total. The first-order valence-corrected chi connectivity index (χ1v) is 8.37. The Hall–Kier alpha value is 0.310. The van der Waals surface area contributed by atoms with Gasteiger partial charge in [-0.15, -0.1) is 24.0 Å². The van der Waals surface area contributed by atoms with Crippen molar-refractivity contribution in [2.24, 2.45) is 10.4 Å². The Morgan fingerprint density at radius 2 is 2.05 bits per heavy atom. The lowest BCUT2D eigenvalue weighted by atomic mass is 10.1. The summed E-state index contributed by atoms with van der Waals surface area (Å²) in [5, 5.41) is 16.1. The Balaban J connectivity index is 0.00000200. The molecule has 0 aromatic heterocycles. The predicted octanol–water partition coefficient (Wildman–Crippen LogP) is 2.22. The quantitative estimate of drug-likeness (QED) is 0.355. The average molecular weight is 413 g/mol. The van der Waals surface area contributed by atoms with Gasteiger partial charge in [0.15, 0.2) is 5.96 Å². The van der Waals surface area contributed by atoms with Gasteiger partial charge in [-0.1, -0.05) is 0 Å². The van der Waals surface area contributed by atoms with Gasteiger partial charge in [0.05, 0.1) is 13.2 Å². The van der Waals surface area contributed by atoms with Crippen molar-refractivity contribution in [1.82, 2.24) is 10.6 Å². The molecule has 0 aromatic carbocycles. The summed E-state index contributed by atoms with van der Waals surface area (Å²) in [7, 11) is 0. The zero-order valence-corrected chi connectivity index (χ0v) is 15.7. The maximum Gasteiger partial charge on any atom is 0.191 e. The Morgan fingerprint density at radius 1 is 1.30 bits per heavy atom. The van der Waals surface area contributed by atoms with Crippen LogP contribution >= 0.6 is 35.7 Å². The van der Waals surface area contributed by atoms with E-state index in [-0.39, 0.29) is 36.0 Å². The minimum absolute atomic E-state index is 0. The molecule has 1 aliphatic carbocycles. The van der Waals surface area contributed by atoms with E-state index in [1.165, 1.54) is 18.6 Å². The molecule has 1 saturated heterocycles. The second-order valence-corrected chi connectivity index (χ2v) is 7.79. The summed E-state index contributed by atoms with van der Waals surface area (Å²) in [6, 6.07) is 0. The molecule has 1 heterocycles. The van der Waals surface area contributed by atoms with E-state index in [0.717, 1.165) is 38.4 Å². The van der Waals surface area contributed by atoms with Gasteiger partial charge in [-0.25, -0.2) is 0 Å². The van der Waals surface area contributed by atoms with Crippen LogP contribution in [0.2, 0.25) is 0 Å². The molecule has 0 bridgehead atoms. The molecule has 6 heteroatoms. The summed E-state index contributed by atoms with van der Waals surface area (Å²) in [5.41, 5.74) is 0.0916. The molecule has 1 unspecified atom stereocenters. The fourth-order valence-electron chi connectivity index (χ4n) is 2.38. The van der Waals surface area contributed by atoms with E-state index in [4.69, 9.17) is 0 Å². The molecule has 1 saturated carbocycles. The topological polar surface area (TPSA) is 56.7 Å². The summed E-state index contributed by atoms with van der Waals surface area (Å²) >= 11 is 2.06. The molecule has 20 heavy (non-hydrogen) atoms. The fourth-order valence-corrected chi connectivity index (χ4v) is 3.62. The Labute approximate surface area is 144 Å². The van der Waals surface area contributed by atoms with Crippen molar-refractivity contribution >= 4 is 41.7 Å². The van der Waals surface area contributed by atoms with Crippen molar-refractivity contribution in [3.63, 3.8) is 0 Å². The summed E-state index contributed by atoms with van der Waals surface area (Å²) in [4.78, 5) is 4.64. The highest BCUT2D eigenvalue weighted by Gasteiger charge is 2.41. The molecule has 118 valence electrons. The van der Waals surface area contributed by atoms with Gasteiger partial charge in [-0.3, -0.25) is 4.99 Å². The lowest BCUT2D eigenvalue weighted by molar-refractivity contribution is 0.217. The first kappa shape index (κ1) is 18.4. The second kappa shape index (κ2) is 8.08. The van der Waals surface area contributed by atoms with Crippen molar-refractivity contribution in [3.05, 3.63) is 0 Å². The number of aliphatic hydroxyl groups excluding tert-OH is 1. The van der Waals surface area contributed by atoms with Crippen LogP contribution in [0.5, 0.6) is 0 Å². The average Bonchev–Trinajstić information content (AvgIpc) is 3.08. The number of nitrogens with one attached hydrogen (secondary N) is 2. The van der Waals surface area contributed by atoms with Crippen molar-refractivity contribution < 1.29 is 5.11 Å². The molecule has 0 amide bonds. The van der Waals surface area contributed by atoms with Gasteiger partial charge in [-0.2, -0.15) is 11.8 Å². The Kier molecular flexibility index (Phi) is 7.41. The lowest BCUT2D eigenvalue weighted by Crippen LogP contribution is -2.44. The van der Waals surface area contributed by atoms with Gasteiger partial charge >= 0.3 is 0 Å². The maximum absolute atomic E-state index is 9.33. The third kappa shape index (κ3) is 5.26. The number of halogens is 1. The van der Waals surface area contributed by atoms with Crippen LogP contribution in [0.1, 0.15) is 39.5 Å². The van der Waals surface area contributed by atoms with Gasteiger partial charge < -0.3 is 15.7 Å². The Bertz CT molecular complexity index is 328. The predicted molar refractivity (Wildman–Crippen MR) is 98.2 cm³/mol. The van der Waals surface area contributed by atoms with E-state index < -0.39 is 0 Å².